The molecular formula is C30H42N4O6. The van der Waals surface area contributed by atoms with E-state index in [0.717, 1.165) is 24.0 Å². The lowest BCUT2D eigenvalue weighted by Crippen LogP contribution is -2.53. The number of primary amides is 1. The molecule has 2 atom stereocenters. The van der Waals surface area contributed by atoms with Gasteiger partial charge in [0.25, 0.3) is 5.91 Å². The first-order chi connectivity index (χ1) is 18.7. The maximum absolute atomic E-state index is 14.1. The summed E-state index contributed by atoms with van der Waals surface area (Å²) in [6.45, 7) is 10.9. The Morgan fingerprint density at radius 2 is 1.60 bits per heavy atom. The zero-order chi connectivity index (χ0) is 30.0. The first kappa shape index (κ1) is 32.1. The van der Waals surface area contributed by atoms with E-state index in [9.17, 15) is 24.3 Å². The van der Waals surface area contributed by atoms with Gasteiger partial charge in [0.05, 0.1) is 6.42 Å². The third-order valence-corrected chi connectivity index (χ3v) is 6.18. The van der Waals surface area contributed by atoms with Crippen LogP contribution in [0.1, 0.15) is 76.1 Å². The van der Waals surface area contributed by atoms with Crippen molar-refractivity contribution in [3.63, 3.8) is 0 Å². The molecule has 5 N–H and O–H groups in total. The number of aromatic hydroxyl groups is 1. The molecule has 0 aliphatic heterocycles. The number of benzene rings is 2. The van der Waals surface area contributed by atoms with E-state index in [1.165, 1.54) is 17.0 Å². The van der Waals surface area contributed by atoms with Gasteiger partial charge in [-0.15, -0.1) is 0 Å². The number of nitrogens with zero attached hydrogens (tertiary/aromatic N) is 1. The molecule has 0 fully saturated rings. The number of phenolic OH excluding ortho intramolecular Hbond substituents is 1. The van der Waals surface area contributed by atoms with Crippen molar-refractivity contribution in [1.82, 2.24) is 10.2 Å². The zero-order valence-electron chi connectivity index (χ0n) is 24.2. The van der Waals surface area contributed by atoms with Crippen LogP contribution in [0.5, 0.6) is 5.75 Å². The fourth-order valence-electron chi connectivity index (χ4n) is 4.28. The number of hydrogen-bond acceptors (Lipinski definition) is 6. The van der Waals surface area contributed by atoms with Crippen molar-refractivity contribution in [2.24, 2.45) is 5.73 Å². The molecule has 218 valence electrons. The van der Waals surface area contributed by atoms with E-state index in [2.05, 4.69) is 10.6 Å². The summed E-state index contributed by atoms with van der Waals surface area (Å²) < 4.78 is 5.31. The number of nitrogens with one attached hydrogen (secondary N) is 2. The smallest absolute Gasteiger partial charge is 0.408 e. The van der Waals surface area contributed by atoms with E-state index in [-0.39, 0.29) is 12.3 Å². The molecule has 0 aromatic heterocycles. The van der Waals surface area contributed by atoms with Crippen molar-refractivity contribution in [3.8, 4) is 5.75 Å². The molecule has 10 nitrogen and oxygen atoms in total. The van der Waals surface area contributed by atoms with E-state index in [1.54, 1.807) is 32.9 Å². The predicted octanol–water partition coefficient (Wildman–Crippen LogP) is 4.48. The molecule has 10 heteroatoms. The molecule has 4 amide bonds. The van der Waals surface area contributed by atoms with Crippen LogP contribution in [0.3, 0.4) is 0 Å². The van der Waals surface area contributed by atoms with Gasteiger partial charge >= 0.3 is 6.09 Å². The van der Waals surface area contributed by atoms with E-state index in [4.69, 9.17) is 10.5 Å². The Balaban J connectivity index is 2.58. The molecule has 0 heterocycles. The second-order valence-corrected chi connectivity index (χ2v) is 10.9. The van der Waals surface area contributed by atoms with Gasteiger partial charge in [-0.2, -0.15) is 0 Å². The highest BCUT2D eigenvalue weighted by molar-refractivity contribution is 6.00. The number of anilines is 1. The van der Waals surface area contributed by atoms with Crippen molar-refractivity contribution in [3.05, 3.63) is 59.2 Å². The first-order valence-electron chi connectivity index (χ1n) is 13.5. The van der Waals surface area contributed by atoms with Gasteiger partial charge < -0.3 is 31.1 Å². The summed E-state index contributed by atoms with van der Waals surface area (Å²) in [5.74, 6) is -1.94. The van der Waals surface area contributed by atoms with Crippen molar-refractivity contribution in [2.45, 2.75) is 84.9 Å². The van der Waals surface area contributed by atoms with Gasteiger partial charge in [-0.3, -0.25) is 14.4 Å². The average Bonchev–Trinajstić information content (AvgIpc) is 2.84. The molecular weight excluding hydrogens is 512 g/mol. The largest absolute Gasteiger partial charge is 0.508 e. The fraction of sp³-hybridized carbons (Fsp3) is 0.467. The minimum absolute atomic E-state index is 0.000265. The third-order valence-electron chi connectivity index (χ3n) is 6.18. The molecule has 2 aromatic rings. The SMILES string of the molecule is CCCCCN(C(=O)C(CC(N)=O)NC(=O)OC(C)(C)C)C(C(=O)Nc1c(C)cccc1C)c1ccc(O)cc1. The lowest BCUT2D eigenvalue weighted by Gasteiger charge is -2.34. The van der Waals surface area contributed by atoms with E-state index < -0.39 is 47.9 Å². The molecule has 0 aliphatic rings. The summed E-state index contributed by atoms with van der Waals surface area (Å²) in [5, 5.41) is 15.3. The predicted molar refractivity (Wildman–Crippen MR) is 154 cm³/mol. The van der Waals surface area contributed by atoms with E-state index in [1.807, 2.05) is 39.0 Å². The van der Waals surface area contributed by atoms with Crippen LogP contribution in [0.2, 0.25) is 0 Å². The van der Waals surface area contributed by atoms with E-state index in [0.29, 0.717) is 17.7 Å². The van der Waals surface area contributed by atoms with Crippen LogP contribution in [-0.4, -0.2) is 52.0 Å². The Kier molecular flexibility index (Phi) is 11.5. The Bertz CT molecular complexity index is 1170. The molecule has 0 spiro atoms. The second-order valence-electron chi connectivity index (χ2n) is 10.9. The second kappa shape index (κ2) is 14.3. The molecule has 0 bridgehead atoms. The standard InChI is InChI=1S/C30H42N4O6/c1-7-8-9-17-34(28(38)23(18-24(31)36)32-29(39)40-30(4,5)6)26(21-13-15-22(35)16-14-21)27(37)33-25-19(2)11-10-12-20(25)3/h10-16,23,26,35H,7-9,17-18H2,1-6H3,(H2,31,36)(H,32,39)(H,33,37). The van der Waals surface area contributed by atoms with Crippen LogP contribution in [0.4, 0.5) is 10.5 Å². The van der Waals surface area contributed by atoms with Gasteiger partial charge in [0, 0.05) is 12.2 Å². The third kappa shape index (κ3) is 9.59. The van der Waals surface area contributed by atoms with E-state index >= 15 is 0 Å². The lowest BCUT2D eigenvalue weighted by atomic mass is 10.0. The summed E-state index contributed by atoms with van der Waals surface area (Å²) in [6, 6.07) is 9.12. The monoisotopic (exact) mass is 554 g/mol. The van der Waals surface area contributed by atoms with Crippen molar-refractivity contribution >= 4 is 29.5 Å². The Morgan fingerprint density at radius 3 is 2.12 bits per heavy atom. The Hall–Kier alpha value is -4.08. The molecule has 0 radical (unpaired) electrons. The number of rotatable bonds is 12. The number of phenols is 1. The van der Waals surface area contributed by atoms with Crippen molar-refractivity contribution < 1.29 is 29.0 Å². The number of carbonyl (C=O) groups is 4. The summed E-state index contributed by atoms with van der Waals surface area (Å²) in [6.07, 6.45) is 0.847. The minimum atomic E-state index is -1.36. The average molecular weight is 555 g/mol. The number of aryl methyl sites for hydroxylation is 2. The van der Waals surface area contributed by atoms with Gasteiger partial charge in [0.1, 0.15) is 23.4 Å². The molecule has 2 rings (SSSR count). The van der Waals surface area contributed by atoms with Crippen molar-refractivity contribution in [2.75, 3.05) is 11.9 Å². The summed E-state index contributed by atoms with van der Waals surface area (Å²) in [7, 11) is 0. The molecule has 40 heavy (non-hydrogen) atoms. The number of unbranched alkanes of at least 4 members (excludes halogenated alkanes) is 2. The first-order valence-corrected chi connectivity index (χ1v) is 13.5. The number of ether oxygens (including phenoxy) is 1. The highest BCUT2D eigenvalue weighted by Crippen LogP contribution is 2.28. The summed E-state index contributed by atoms with van der Waals surface area (Å²) >= 11 is 0. The highest BCUT2D eigenvalue weighted by atomic mass is 16.6. The number of alkyl carbamates (subject to hydrolysis) is 1. The molecule has 2 aromatic carbocycles. The quantitative estimate of drug-likeness (QED) is 0.284. The van der Waals surface area contributed by atoms with Crippen LogP contribution in [-0.2, 0) is 19.1 Å². The van der Waals surface area contributed by atoms with Crippen LogP contribution >= 0.6 is 0 Å². The fourth-order valence-corrected chi connectivity index (χ4v) is 4.28. The van der Waals surface area contributed by atoms with Crippen LogP contribution in [0, 0.1) is 13.8 Å². The Labute approximate surface area is 236 Å². The minimum Gasteiger partial charge on any atom is -0.508 e. The van der Waals surface area contributed by atoms with Crippen LogP contribution in [0.15, 0.2) is 42.5 Å². The zero-order valence-corrected chi connectivity index (χ0v) is 24.2. The summed E-state index contributed by atoms with van der Waals surface area (Å²) in [5.41, 5.74) is 7.37. The molecule has 0 saturated heterocycles. The molecule has 0 aliphatic carbocycles. The Morgan fingerprint density at radius 1 is 1.00 bits per heavy atom. The number of carbonyl (C=O) groups excluding carboxylic acids is 4. The van der Waals surface area contributed by atoms with Gasteiger partial charge in [0.2, 0.25) is 11.8 Å². The normalized spacial score (nSPS) is 12.7. The summed E-state index contributed by atoms with van der Waals surface area (Å²) in [4.78, 5) is 53.9. The van der Waals surface area contributed by atoms with Crippen LogP contribution < -0.4 is 16.4 Å². The number of para-hydroxylation sites is 1. The maximum atomic E-state index is 14.1. The van der Waals surface area contributed by atoms with Crippen molar-refractivity contribution in [1.29, 1.82) is 0 Å². The van der Waals surface area contributed by atoms with Gasteiger partial charge in [-0.25, -0.2) is 4.79 Å². The molecule has 0 saturated carbocycles. The number of nitrogens with two attached hydrogens (primary N) is 1. The number of amides is 4. The number of hydrogen-bond donors (Lipinski definition) is 4. The van der Waals surface area contributed by atoms with Gasteiger partial charge in [0.15, 0.2) is 0 Å². The highest BCUT2D eigenvalue weighted by Gasteiger charge is 2.37. The van der Waals surface area contributed by atoms with Gasteiger partial charge in [-0.1, -0.05) is 50.1 Å². The lowest BCUT2D eigenvalue weighted by molar-refractivity contribution is -0.142. The topological polar surface area (TPSA) is 151 Å². The van der Waals surface area contributed by atoms with Gasteiger partial charge in [-0.05, 0) is 69.9 Å². The van der Waals surface area contributed by atoms with Crippen LogP contribution in [0.25, 0.3) is 0 Å². The molecule has 2 unspecified atom stereocenters. The maximum Gasteiger partial charge on any atom is 0.408 e.